The van der Waals surface area contributed by atoms with Gasteiger partial charge in [-0.3, -0.25) is 9.88 Å². The highest BCUT2D eigenvalue weighted by molar-refractivity contribution is 5.43. The fraction of sp³-hybridized carbons (Fsp3) is 0.333. The van der Waals surface area contributed by atoms with E-state index in [9.17, 15) is 8.78 Å². The molecule has 1 saturated heterocycles. The summed E-state index contributed by atoms with van der Waals surface area (Å²) >= 11 is 0. The van der Waals surface area contributed by atoms with Crippen LogP contribution in [0.3, 0.4) is 0 Å². The molecule has 0 amide bonds. The normalized spacial score (nSPS) is 16.1. The van der Waals surface area contributed by atoms with Crippen molar-refractivity contribution in [2.24, 2.45) is 0 Å². The molecule has 134 valence electrons. The lowest BCUT2D eigenvalue weighted by Crippen LogP contribution is -2.33. The summed E-state index contributed by atoms with van der Waals surface area (Å²) in [6, 6.07) is 4.29. The van der Waals surface area contributed by atoms with Crippen molar-refractivity contribution in [2.75, 3.05) is 13.1 Å². The average molecular weight is 357 g/mol. The molecule has 4 rings (SSSR count). The van der Waals surface area contributed by atoms with Gasteiger partial charge in [0.05, 0.1) is 6.20 Å². The molecule has 1 fully saturated rings. The van der Waals surface area contributed by atoms with Crippen LogP contribution in [0, 0.1) is 11.6 Å². The molecule has 26 heavy (non-hydrogen) atoms. The maximum atomic E-state index is 13.8. The van der Waals surface area contributed by atoms with E-state index in [0.29, 0.717) is 29.5 Å². The van der Waals surface area contributed by atoms with E-state index >= 15 is 0 Å². The van der Waals surface area contributed by atoms with Crippen molar-refractivity contribution >= 4 is 0 Å². The van der Waals surface area contributed by atoms with Crippen LogP contribution >= 0.6 is 0 Å². The van der Waals surface area contributed by atoms with Crippen molar-refractivity contribution < 1.29 is 13.3 Å². The van der Waals surface area contributed by atoms with Gasteiger partial charge in [0.15, 0.2) is 17.5 Å². The Morgan fingerprint density at radius 3 is 2.77 bits per heavy atom. The molecule has 0 aliphatic carbocycles. The SMILES string of the molecule is Fc1cccc(CN2CCC(c3noc(-c4cnccn4)n3)CC2)c1F. The van der Waals surface area contributed by atoms with Gasteiger partial charge in [-0.05, 0) is 32.0 Å². The molecule has 6 nitrogen and oxygen atoms in total. The Hall–Kier alpha value is -2.74. The molecule has 2 aromatic heterocycles. The second-order valence-electron chi connectivity index (χ2n) is 6.31. The molecule has 0 atom stereocenters. The number of aromatic nitrogens is 4. The van der Waals surface area contributed by atoms with Crippen LogP contribution in [0.15, 0.2) is 41.3 Å². The fourth-order valence-corrected chi connectivity index (χ4v) is 3.18. The minimum atomic E-state index is -0.805. The first kappa shape index (κ1) is 16.7. The van der Waals surface area contributed by atoms with Crippen molar-refractivity contribution in [3.8, 4) is 11.6 Å². The molecule has 0 unspecified atom stereocenters. The van der Waals surface area contributed by atoms with E-state index in [1.54, 1.807) is 24.7 Å². The maximum Gasteiger partial charge on any atom is 0.278 e. The summed E-state index contributed by atoms with van der Waals surface area (Å²) in [4.78, 5) is 14.7. The summed E-state index contributed by atoms with van der Waals surface area (Å²) in [6.45, 7) is 1.92. The van der Waals surface area contributed by atoms with Crippen molar-refractivity contribution in [3.05, 3.63) is 59.8 Å². The van der Waals surface area contributed by atoms with Gasteiger partial charge in [0.2, 0.25) is 0 Å². The highest BCUT2D eigenvalue weighted by Gasteiger charge is 2.25. The minimum Gasteiger partial charge on any atom is -0.332 e. The third kappa shape index (κ3) is 3.45. The van der Waals surface area contributed by atoms with E-state index in [4.69, 9.17) is 4.52 Å². The summed E-state index contributed by atoms with van der Waals surface area (Å²) in [7, 11) is 0. The fourth-order valence-electron chi connectivity index (χ4n) is 3.18. The maximum absolute atomic E-state index is 13.8. The number of rotatable bonds is 4. The zero-order valence-corrected chi connectivity index (χ0v) is 14.0. The van der Waals surface area contributed by atoms with E-state index in [2.05, 4.69) is 25.0 Å². The number of piperidine rings is 1. The highest BCUT2D eigenvalue weighted by atomic mass is 19.2. The summed E-state index contributed by atoms with van der Waals surface area (Å²) in [6.07, 6.45) is 6.39. The van der Waals surface area contributed by atoms with Crippen molar-refractivity contribution in [1.29, 1.82) is 0 Å². The van der Waals surface area contributed by atoms with Crippen LogP contribution in [0.4, 0.5) is 8.78 Å². The Labute approximate surface area is 148 Å². The van der Waals surface area contributed by atoms with E-state index in [1.165, 1.54) is 6.07 Å². The van der Waals surface area contributed by atoms with Gasteiger partial charge in [-0.2, -0.15) is 4.98 Å². The molecular formula is C18H17F2N5O. The first-order chi connectivity index (χ1) is 12.7. The van der Waals surface area contributed by atoms with Crippen LogP contribution in [0.1, 0.15) is 30.1 Å². The molecule has 0 bridgehead atoms. The lowest BCUT2D eigenvalue weighted by Gasteiger charge is -2.30. The molecule has 1 aliphatic heterocycles. The second kappa shape index (κ2) is 7.25. The Kier molecular flexibility index (Phi) is 4.66. The quantitative estimate of drug-likeness (QED) is 0.714. The summed E-state index contributed by atoms with van der Waals surface area (Å²) in [5.41, 5.74) is 0.929. The first-order valence-electron chi connectivity index (χ1n) is 8.46. The van der Waals surface area contributed by atoms with Crippen molar-refractivity contribution in [2.45, 2.75) is 25.3 Å². The predicted octanol–water partition coefficient (Wildman–Crippen LogP) is 3.18. The number of benzene rings is 1. The molecule has 3 heterocycles. The van der Waals surface area contributed by atoms with Crippen LogP contribution in [0.5, 0.6) is 0 Å². The number of hydrogen-bond acceptors (Lipinski definition) is 6. The standard InChI is InChI=1S/C18H17F2N5O/c19-14-3-1-2-13(16(14)20)11-25-8-4-12(5-9-25)17-23-18(26-24-17)15-10-21-6-7-22-15/h1-3,6-7,10,12H,4-5,8-9,11H2. The van der Waals surface area contributed by atoms with Crippen LogP contribution in [-0.2, 0) is 6.54 Å². The number of halogens is 2. The van der Waals surface area contributed by atoms with Gasteiger partial charge in [-0.1, -0.05) is 17.3 Å². The van der Waals surface area contributed by atoms with Crippen molar-refractivity contribution in [1.82, 2.24) is 25.0 Å². The van der Waals surface area contributed by atoms with E-state index in [1.807, 2.05) is 0 Å². The summed E-state index contributed by atoms with van der Waals surface area (Å²) < 4.78 is 32.4. The monoisotopic (exact) mass is 357 g/mol. The Morgan fingerprint density at radius 2 is 2.00 bits per heavy atom. The second-order valence-corrected chi connectivity index (χ2v) is 6.31. The molecule has 1 aliphatic rings. The van der Waals surface area contributed by atoms with Crippen LogP contribution in [0.2, 0.25) is 0 Å². The average Bonchev–Trinajstić information content (AvgIpc) is 3.17. The Balaban J connectivity index is 1.38. The minimum absolute atomic E-state index is 0.178. The van der Waals surface area contributed by atoms with E-state index in [-0.39, 0.29) is 5.92 Å². The highest BCUT2D eigenvalue weighted by Crippen LogP contribution is 2.28. The number of likely N-dealkylation sites (tertiary alicyclic amines) is 1. The van der Waals surface area contributed by atoms with Gasteiger partial charge in [-0.15, -0.1) is 0 Å². The predicted molar refractivity (Wildman–Crippen MR) is 88.9 cm³/mol. The topological polar surface area (TPSA) is 67.9 Å². The molecule has 0 radical (unpaired) electrons. The third-order valence-corrected chi connectivity index (χ3v) is 4.60. The van der Waals surface area contributed by atoms with Gasteiger partial charge >= 0.3 is 0 Å². The Morgan fingerprint density at radius 1 is 1.15 bits per heavy atom. The zero-order valence-electron chi connectivity index (χ0n) is 14.0. The van der Waals surface area contributed by atoms with Gasteiger partial charge in [0.1, 0.15) is 5.69 Å². The lowest BCUT2D eigenvalue weighted by molar-refractivity contribution is 0.197. The molecule has 0 N–H and O–H groups in total. The third-order valence-electron chi connectivity index (χ3n) is 4.60. The van der Waals surface area contributed by atoms with E-state index < -0.39 is 11.6 Å². The number of nitrogens with zero attached hydrogens (tertiary/aromatic N) is 5. The van der Waals surface area contributed by atoms with Gasteiger partial charge in [-0.25, -0.2) is 13.8 Å². The van der Waals surface area contributed by atoms with E-state index in [0.717, 1.165) is 32.0 Å². The summed E-state index contributed by atoms with van der Waals surface area (Å²) in [5.74, 6) is -0.375. The van der Waals surface area contributed by atoms with Crippen LogP contribution in [-0.4, -0.2) is 38.1 Å². The zero-order chi connectivity index (χ0) is 17.9. The molecule has 8 heteroatoms. The van der Waals surface area contributed by atoms with Crippen LogP contribution in [0.25, 0.3) is 11.6 Å². The van der Waals surface area contributed by atoms with Crippen LogP contribution < -0.4 is 0 Å². The smallest absolute Gasteiger partial charge is 0.278 e. The molecule has 3 aromatic rings. The largest absolute Gasteiger partial charge is 0.332 e. The van der Waals surface area contributed by atoms with Gasteiger partial charge in [0.25, 0.3) is 5.89 Å². The molecule has 0 spiro atoms. The molecule has 1 aromatic carbocycles. The Bertz CT molecular complexity index is 878. The summed E-state index contributed by atoms with van der Waals surface area (Å²) in [5, 5.41) is 4.07. The number of hydrogen-bond donors (Lipinski definition) is 0. The molecule has 0 saturated carbocycles. The van der Waals surface area contributed by atoms with Crippen molar-refractivity contribution in [3.63, 3.8) is 0 Å². The molecular weight excluding hydrogens is 340 g/mol. The lowest BCUT2D eigenvalue weighted by atomic mass is 9.96. The first-order valence-corrected chi connectivity index (χ1v) is 8.46. The van der Waals surface area contributed by atoms with Gasteiger partial charge in [0, 0.05) is 30.4 Å². The van der Waals surface area contributed by atoms with Gasteiger partial charge < -0.3 is 4.52 Å².